The highest BCUT2D eigenvalue weighted by atomic mass is 19.4. The van der Waals surface area contributed by atoms with E-state index in [2.05, 4.69) is 11.6 Å². The van der Waals surface area contributed by atoms with E-state index < -0.39 is 28.9 Å². The van der Waals surface area contributed by atoms with Gasteiger partial charge in [0.2, 0.25) is 0 Å². The summed E-state index contributed by atoms with van der Waals surface area (Å²) in [6.45, 7) is 9.81. The van der Waals surface area contributed by atoms with Gasteiger partial charge in [-0.25, -0.2) is 4.79 Å². The minimum atomic E-state index is -4.67. The van der Waals surface area contributed by atoms with Crippen LogP contribution in [0, 0.1) is 0 Å². The number of rotatable bonds is 2. The van der Waals surface area contributed by atoms with E-state index in [1.165, 1.54) is 6.92 Å². The average Bonchev–Trinajstić information content (AvgIpc) is 2.24. The lowest BCUT2D eigenvalue weighted by molar-refractivity contribution is -0.138. The van der Waals surface area contributed by atoms with Crippen molar-refractivity contribution in [3.05, 3.63) is 35.7 Å². The van der Waals surface area contributed by atoms with Crippen molar-refractivity contribution >= 4 is 11.5 Å². The maximum Gasteiger partial charge on any atom is 0.417 e. The van der Waals surface area contributed by atoms with E-state index in [1.54, 1.807) is 20.8 Å². The molecule has 0 aliphatic carbocycles. The second-order valence-electron chi connectivity index (χ2n) is 5.40. The zero-order chi connectivity index (χ0) is 15.7. The molecule has 20 heavy (non-hydrogen) atoms. The van der Waals surface area contributed by atoms with Gasteiger partial charge in [0.25, 0.3) is 0 Å². The Morgan fingerprint density at radius 2 is 1.85 bits per heavy atom. The number of allylic oxidation sites excluding steroid dienone is 1. The highest BCUT2D eigenvalue weighted by Crippen LogP contribution is 2.33. The molecule has 0 saturated carbocycles. The summed E-state index contributed by atoms with van der Waals surface area (Å²) >= 11 is 0. The lowest BCUT2D eigenvalue weighted by atomic mass is 10.1. The fraction of sp³-hybridized carbons (Fsp3) is 0.429. The van der Waals surface area contributed by atoms with Gasteiger partial charge in [-0.1, -0.05) is 6.58 Å². The van der Waals surface area contributed by atoms with E-state index in [0.717, 1.165) is 12.3 Å². The van der Waals surface area contributed by atoms with Gasteiger partial charge in [0.1, 0.15) is 5.60 Å². The van der Waals surface area contributed by atoms with Gasteiger partial charge in [0, 0.05) is 6.20 Å². The first-order valence-corrected chi connectivity index (χ1v) is 5.88. The summed E-state index contributed by atoms with van der Waals surface area (Å²) in [5, 5.41) is 0. The average molecular weight is 287 g/mol. The molecule has 110 valence electrons. The van der Waals surface area contributed by atoms with Crippen molar-refractivity contribution in [1.82, 2.24) is 4.98 Å². The number of hydrogen-bond donors (Lipinski definition) is 0. The first-order valence-electron chi connectivity index (χ1n) is 5.88. The predicted octanol–water partition coefficient (Wildman–Crippen LogP) is 4.09. The van der Waals surface area contributed by atoms with Crippen LogP contribution in [0.3, 0.4) is 0 Å². The number of carbonyl (C=O) groups excluding carboxylic acids is 1. The van der Waals surface area contributed by atoms with Gasteiger partial charge in [0.15, 0.2) is 0 Å². The smallest absolute Gasteiger partial charge is 0.417 e. The van der Waals surface area contributed by atoms with E-state index in [-0.39, 0.29) is 5.69 Å². The van der Waals surface area contributed by atoms with Gasteiger partial charge >= 0.3 is 12.1 Å². The summed E-state index contributed by atoms with van der Waals surface area (Å²) in [7, 11) is 0. The molecular weight excluding hydrogens is 271 g/mol. The van der Waals surface area contributed by atoms with Gasteiger partial charge in [0.05, 0.1) is 16.8 Å². The largest absolute Gasteiger partial charge is 0.456 e. The molecule has 0 fully saturated rings. The Morgan fingerprint density at radius 3 is 2.25 bits per heavy atom. The van der Waals surface area contributed by atoms with Gasteiger partial charge in [-0.3, -0.25) is 4.98 Å². The number of esters is 1. The van der Waals surface area contributed by atoms with Crippen molar-refractivity contribution in [3.8, 4) is 0 Å². The van der Waals surface area contributed by atoms with Crippen LogP contribution >= 0.6 is 0 Å². The summed E-state index contributed by atoms with van der Waals surface area (Å²) in [4.78, 5) is 15.6. The van der Waals surface area contributed by atoms with Gasteiger partial charge in [-0.2, -0.15) is 13.2 Å². The molecule has 0 aromatic carbocycles. The molecule has 0 N–H and O–H groups in total. The molecule has 1 aromatic rings. The number of alkyl halides is 3. The van der Waals surface area contributed by atoms with Crippen LogP contribution in [0.5, 0.6) is 0 Å². The Labute approximate surface area is 115 Å². The van der Waals surface area contributed by atoms with E-state index in [9.17, 15) is 18.0 Å². The van der Waals surface area contributed by atoms with Crippen LogP contribution in [0.25, 0.3) is 5.57 Å². The van der Waals surface area contributed by atoms with Gasteiger partial charge in [-0.05, 0) is 39.3 Å². The van der Waals surface area contributed by atoms with Crippen LogP contribution in [0.4, 0.5) is 13.2 Å². The summed E-state index contributed by atoms with van der Waals surface area (Å²) in [5.74, 6) is -1.05. The van der Waals surface area contributed by atoms with Crippen molar-refractivity contribution in [2.45, 2.75) is 39.5 Å². The molecule has 0 atom stereocenters. The fourth-order valence-electron chi connectivity index (χ4n) is 1.42. The molecule has 0 aliphatic heterocycles. The standard InChI is InChI=1S/C14H16F3NO2/c1-8(2)11-6-10(14(15,16)17)9(7-18-11)12(19)20-13(3,4)5/h6-7H,1H2,2-5H3. The van der Waals surface area contributed by atoms with E-state index in [1.807, 2.05) is 0 Å². The molecule has 0 bridgehead atoms. The van der Waals surface area contributed by atoms with Gasteiger partial charge in [-0.15, -0.1) is 0 Å². The van der Waals surface area contributed by atoms with Crippen LogP contribution in [-0.2, 0) is 10.9 Å². The molecule has 0 aliphatic rings. The number of carbonyl (C=O) groups is 1. The monoisotopic (exact) mass is 287 g/mol. The molecule has 0 saturated heterocycles. The number of nitrogens with zero attached hydrogens (tertiary/aromatic N) is 1. The predicted molar refractivity (Wildman–Crippen MR) is 69.1 cm³/mol. The van der Waals surface area contributed by atoms with Crippen LogP contribution in [0.2, 0.25) is 0 Å². The van der Waals surface area contributed by atoms with Crippen LogP contribution in [0.15, 0.2) is 18.8 Å². The highest BCUT2D eigenvalue weighted by Gasteiger charge is 2.37. The minimum Gasteiger partial charge on any atom is -0.456 e. The third-order valence-electron chi connectivity index (χ3n) is 2.27. The van der Waals surface area contributed by atoms with Crippen molar-refractivity contribution in [2.75, 3.05) is 0 Å². The molecule has 0 amide bonds. The maximum atomic E-state index is 13.0. The van der Waals surface area contributed by atoms with E-state index in [4.69, 9.17) is 4.74 Å². The van der Waals surface area contributed by atoms with E-state index in [0.29, 0.717) is 5.57 Å². The topological polar surface area (TPSA) is 39.2 Å². The van der Waals surface area contributed by atoms with Crippen molar-refractivity contribution in [3.63, 3.8) is 0 Å². The lowest BCUT2D eigenvalue weighted by Crippen LogP contribution is -2.26. The zero-order valence-electron chi connectivity index (χ0n) is 11.8. The van der Waals surface area contributed by atoms with Crippen LogP contribution in [0.1, 0.15) is 49.3 Å². The Hall–Kier alpha value is -1.85. The molecule has 3 nitrogen and oxygen atoms in total. The van der Waals surface area contributed by atoms with Crippen LogP contribution in [-0.4, -0.2) is 16.6 Å². The second-order valence-corrected chi connectivity index (χ2v) is 5.40. The zero-order valence-corrected chi connectivity index (χ0v) is 11.8. The normalized spacial score (nSPS) is 12.2. The van der Waals surface area contributed by atoms with Crippen molar-refractivity contribution in [1.29, 1.82) is 0 Å². The number of pyridine rings is 1. The molecule has 6 heteroatoms. The summed E-state index contributed by atoms with van der Waals surface area (Å²) in [6.07, 6.45) is -3.79. The Balaban J connectivity index is 3.33. The number of aromatic nitrogens is 1. The van der Waals surface area contributed by atoms with Crippen molar-refractivity contribution in [2.24, 2.45) is 0 Å². The van der Waals surface area contributed by atoms with Gasteiger partial charge < -0.3 is 4.74 Å². The first-order chi connectivity index (χ1) is 8.92. The first kappa shape index (κ1) is 16.2. The van der Waals surface area contributed by atoms with Crippen molar-refractivity contribution < 1.29 is 22.7 Å². The fourth-order valence-corrected chi connectivity index (χ4v) is 1.42. The molecule has 1 rings (SSSR count). The molecular formula is C14H16F3NO2. The summed E-state index contributed by atoms with van der Waals surface area (Å²) in [5.41, 5.74) is -2.08. The third-order valence-corrected chi connectivity index (χ3v) is 2.27. The molecule has 0 spiro atoms. The molecule has 0 radical (unpaired) electrons. The summed E-state index contributed by atoms with van der Waals surface area (Å²) < 4.78 is 44.0. The maximum absolute atomic E-state index is 13.0. The quantitative estimate of drug-likeness (QED) is 0.769. The van der Waals surface area contributed by atoms with Crippen LogP contribution < -0.4 is 0 Å². The lowest BCUT2D eigenvalue weighted by Gasteiger charge is -2.21. The Morgan fingerprint density at radius 1 is 1.30 bits per heavy atom. The number of ether oxygens (including phenoxy) is 1. The molecule has 1 heterocycles. The number of halogens is 3. The summed E-state index contributed by atoms with van der Waals surface area (Å²) in [6, 6.07) is 0.807. The van der Waals surface area contributed by atoms with E-state index >= 15 is 0 Å². The Bertz CT molecular complexity index is 542. The molecule has 0 unspecified atom stereocenters. The minimum absolute atomic E-state index is 0.0876. The SMILES string of the molecule is C=C(C)c1cc(C(F)(F)F)c(C(=O)OC(C)(C)C)cn1. The highest BCUT2D eigenvalue weighted by molar-refractivity contribution is 5.91. The Kier molecular flexibility index (Phi) is 4.27. The second kappa shape index (κ2) is 5.26. The molecule has 1 aromatic heterocycles. The number of hydrogen-bond acceptors (Lipinski definition) is 3. The third kappa shape index (κ3) is 4.08.